The monoisotopic (exact) mass is 1060 g/mol. The van der Waals surface area contributed by atoms with E-state index in [1.807, 2.05) is 30.3 Å². The second-order valence-electron chi connectivity index (χ2n) is 21.0. The molecular formula is C60H90N2O14. The molecule has 1 aliphatic heterocycles. The lowest BCUT2D eigenvalue weighted by Gasteiger charge is -2.20. The second-order valence-corrected chi connectivity index (χ2v) is 21.0. The minimum atomic E-state index is -0.395. The fraction of sp³-hybridized carbons (Fsp3) is 0.567. The van der Waals surface area contributed by atoms with Gasteiger partial charge in [0.1, 0.15) is 26.4 Å². The lowest BCUT2D eigenvalue weighted by molar-refractivity contribution is -0.140. The molecule has 1 aliphatic rings. The molecule has 0 atom stereocenters. The van der Waals surface area contributed by atoms with Gasteiger partial charge in [0.25, 0.3) is 0 Å². The van der Waals surface area contributed by atoms with E-state index in [0.29, 0.717) is 107 Å². The van der Waals surface area contributed by atoms with Crippen molar-refractivity contribution in [3.8, 4) is 28.9 Å². The van der Waals surface area contributed by atoms with Crippen molar-refractivity contribution in [3.63, 3.8) is 0 Å². The molecule has 0 amide bonds. The molecule has 16 heteroatoms. The molecule has 0 bridgehead atoms. The number of ketones is 1. The molecule has 4 rings (SSSR count). The molecule has 0 radical (unpaired) electrons. The highest BCUT2D eigenvalue weighted by atomic mass is 16.6. The molecule has 424 valence electrons. The largest absolute Gasteiger partial charge is 0.493 e. The topological polar surface area (TPSA) is 178 Å². The molecule has 2 aromatic carbocycles. The maximum Gasteiger partial charge on any atom is 0.330 e. The quantitative estimate of drug-likeness (QED) is 0.0365. The first-order valence-corrected chi connectivity index (χ1v) is 26.3. The van der Waals surface area contributed by atoms with Crippen molar-refractivity contribution >= 4 is 35.9 Å². The van der Waals surface area contributed by atoms with E-state index >= 15 is 0 Å². The zero-order chi connectivity index (χ0) is 56.1. The summed E-state index contributed by atoms with van der Waals surface area (Å²) in [6.07, 6.45) is 16.6. The minimum absolute atomic E-state index is 0.0861. The molecule has 16 nitrogen and oxygen atoms in total. The van der Waals surface area contributed by atoms with E-state index in [-0.39, 0.29) is 30.5 Å². The van der Waals surface area contributed by atoms with Gasteiger partial charge in [0.15, 0.2) is 28.8 Å². The first kappa shape index (κ1) is 66.3. The number of allylic oxidation sites excluding steroid dienone is 1. The van der Waals surface area contributed by atoms with Gasteiger partial charge in [-0.05, 0) is 129 Å². The second kappa shape index (κ2) is 37.9. The third-order valence-corrected chi connectivity index (χ3v) is 10.6. The average molecular weight is 1060 g/mol. The third-order valence-electron chi connectivity index (χ3n) is 10.6. The molecular weight excluding hydrogens is 973 g/mol. The summed E-state index contributed by atoms with van der Waals surface area (Å²) in [5, 5.41) is 3.36. The Hall–Kier alpha value is -5.78. The van der Waals surface area contributed by atoms with E-state index in [2.05, 4.69) is 72.6 Å². The molecule has 1 aromatic heterocycles. The number of ether oxygens (including phenoxy) is 11. The lowest BCUT2D eigenvalue weighted by Crippen LogP contribution is -2.38. The van der Waals surface area contributed by atoms with E-state index in [1.54, 1.807) is 70.0 Å². The molecule has 0 unspecified atom stereocenters. The Morgan fingerprint density at radius 3 is 1.58 bits per heavy atom. The maximum absolute atomic E-state index is 12.0. The molecule has 0 saturated heterocycles. The molecule has 3 aromatic rings. The number of rotatable bonds is 31. The molecule has 0 spiro atoms. The van der Waals surface area contributed by atoms with Crippen molar-refractivity contribution in [2.24, 2.45) is 10.8 Å². The van der Waals surface area contributed by atoms with Crippen LogP contribution in [0.1, 0.15) is 118 Å². The van der Waals surface area contributed by atoms with Crippen molar-refractivity contribution in [2.75, 3.05) is 107 Å². The van der Waals surface area contributed by atoms with Crippen LogP contribution in [0.15, 0.2) is 73.0 Å². The Morgan fingerprint density at radius 1 is 0.539 bits per heavy atom. The number of methoxy groups -OCH3 is 3. The third kappa shape index (κ3) is 34.7. The number of nitrogens with one attached hydrogen (secondary N) is 1. The van der Waals surface area contributed by atoms with Gasteiger partial charge in [0.2, 0.25) is 5.88 Å². The number of hydrogen-bond donors (Lipinski definition) is 1. The fourth-order valence-electron chi connectivity index (χ4n) is 6.61. The van der Waals surface area contributed by atoms with Crippen molar-refractivity contribution in [1.82, 2.24) is 10.3 Å². The Labute approximate surface area is 454 Å². The number of hydrogen-bond acceptors (Lipinski definition) is 16. The lowest BCUT2D eigenvalue weighted by atomic mass is 9.91. The summed E-state index contributed by atoms with van der Waals surface area (Å²) in [7, 11) is 4.71. The van der Waals surface area contributed by atoms with Crippen LogP contribution in [0.25, 0.3) is 18.2 Å². The molecule has 2 heterocycles. The van der Waals surface area contributed by atoms with Crippen LogP contribution < -0.4 is 29.0 Å². The summed E-state index contributed by atoms with van der Waals surface area (Å²) < 4.78 is 58.5. The number of fused-ring (bicyclic) bond motifs is 1. The van der Waals surface area contributed by atoms with Crippen LogP contribution in [-0.4, -0.2) is 135 Å². The van der Waals surface area contributed by atoms with Crippen LogP contribution in [0.3, 0.4) is 0 Å². The number of carbonyl (C=O) groups excluding carboxylic acids is 3. The van der Waals surface area contributed by atoms with Crippen LogP contribution >= 0.6 is 0 Å². The summed E-state index contributed by atoms with van der Waals surface area (Å²) in [5.74, 6) is 2.57. The summed E-state index contributed by atoms with van der Waals surface area (Å²) >= 11 is 0. The van der Waals surface area contributed by atoms with E-state index in [9.17, 15) is 14.4 Å². The van der Waals surface area contributed by atoms with Crippen LogP contribution in [0.2, 0.25) is 0 Å². The van der Waals surface area contributed by atoms with Crippen LogP contribution in [-0.2, 0) is 42.8 Å². The summed E-state index contributed by atoms with van der Waals surface area (Å²) in [6, 6.07) is 14.6. The number of nitrogens with zero attached hydrogens (tertiary/aromatic N) is 1. The summed E-state index contributed by atoms with van der Waals surface area (Å²) in [5.41, 5.74) is 3.33. The predicted molar refractivity (Wildman–Crippen MR) is 299 cm³/mol. The average Bonchev–Trinajstić information content (AvgIpc) is 3.38. The van der Waals surface area contributed by atoms with Gasteiger partial charge in [0, 0.05) is 62.7 Å². The minimum Gasteiger partial charge on any atom is -0.493 e. The smallest absolute Gasteiger partial charge is 0.330 e. The van der Waals surface area contributed by atoms with E-state index in [0.717, 1.165) is 60.4 Å². The van der Waals surface area contributed by atoms with Gasteiger partial charge in [0.05, 0.1) is 54.4 Å². The number of benzene rings is 2. The van der Waals surface area contributed by atoms with Crippen molar-refractivity contribution in [3.05, 3.63) is 89.6 Å². The number of esters is 2. The standard InChI is InChI=1S/C22H33NO5.C20H30O5.C18H27NO4/c1-22(2,3)23-10-12-26-14-13-25-11-4-5-19(24)8-6-18-7-9-20-21(17-18)28-16-15-27-20;1-20(2,3)11-6-12-24-13-14-25-19(21)10-8-16-7-9-17(22-4)18(15-16)23-5;1-18(2,3)10-5-11-22-12-13-23-17(20)9-7-15-6-8-16(21-4)19-14-15/h6-9,17,23H,4-5,10-16H2,1-3H3;7-10,15H,6,11-14H2,1-5H3;6-9,14H,5,10-13H2,1-4H3/b8-6+;10-8+;9-7+. The highest BCUT2D eigenvalue weighted by Crippen LogP contribution is 2.31. The Morgan fingerprint density at radius 2 is 1.04 bits per heavy atom. The van der Waals surface area contributed by atoms with Gasteiger partial charge in [-0.25, -0.2) is 14.6 Å². The van der Waals surface area contributed by atoms with E-state index in [1.165, 1.54) is 12.2 Å². The van der Waals surface area contributed by atoms with Crippen molar-refractivity contribution < 1.29 is 66.5 Å². The maximum atomic E-state index is 12.0. The van der Waals surface area contributed by atoms with Gasteiger partial charge in [-0.2, -0.15) is 0 Å². The van der Waals surface area contributed by atoms with Crippen LogP contribution in [0, 0.1) is 10.8 Å². The first-order chi connectivity index (χ1) is 36.2. The SMILES string of the molecule is CC(C)(C)NCCOCCOCCCC(=O)/C=C/c1ccc2c(c1)OCCO2.COc1ccc(/C=C/C(=O)OCCOCCCC(C)(C)C)cc1OC.COc1ccc(/C=C/C(=O)OCCOCCCC(C)(C)C)cn1. The highest BCUT2D eigenvalue weighted by molar-refractivity contribution is 5.93. The zero-order valence-electron chi connectivity index (χ0n) is 47.8. The van der Waals surface area contributed by atoms with Gasteiger partial charge >= 0.3 is 11.9 Å². The summed E-state index contributed by atoms with van der Waals surface area (Å²) in [4.78, 5) is 39.3. The predicted octanol–water partition coefficient (Wildman–Crippen LogP) is 10.8. The zero-order valence-corrected chi connectivity index (χ0v) is 47.8. The van der Waals surface area contributed by atoms with Crippen LogP contribution in [0.5, 0.6) is 28.9 Å². The molecule has 0 saturated carbocycles. The van der Waals surface area contributed by atoms with Gasteiger partial charge < -0.3 is 57.4 Å². The van der Waals surface area contributed by atoms with Crippen LogP contribution in [0.4, 0.5) is 0 Å². The molecule has 0 aliphatic carbocycles. The Balaban J connectivity index is 0.000000392. The number of pyridine rings is 1. The number of aromatic nitrogens is 1. The van der Waals surface area contributed by atoms with E-state index < -0.39 is 5.97 Å². The van der Waals surface area contributed by atoms with Crippen molar-refractivity contribution in [2.45, 2.75) is 106 Å². The van der Waals surface area contributed by atoms with Crippen molar-refractivity contribution in [1.29, 1.82) is 0 Å². The molecule has 1 N–H and O–H groups in total. The van der Waals surface area contributed by atoms with Gasteiger partial charge in [-0.3, -0.25) is 4.79 Å². The fourth-order valence-corrected chi connectivity index (χ4v) is 6.61. The molecule has 0 fully saturated rings. The first-order valence-electron chi connectivity index (χ1n) is 26.3. The highest BCUT2D eigenvalue weighted by Gasteiger charge is 2.13. The Bertz CT molecular complexity index is 2170. The number of carbonyl (C=O) groups is 3. The van der Waals surface area contributed by atoms with Gasteiger partial charge in [-0.15, -0.1) is 0 Å². The molecule has 76 heavy (non-hydrogen) atoms. The summed E-state index contributed by atoms with van der Waals surface area (Å²) in [6.45, 7) is 26.7. The van der Waals surface area contributed by atoms with Gasteiger partial charge in [-0.1, -0.05) is 59.8 Å². The normalized spacial score (nSPS) is 12.4. The van der Waals surface area contributed by atoms with E-state index in [4.69, 9.17) is 52.1 Å². The Kier molecular flexibility index (Phi) is 33.1.